The van der Waals surface area contributed by atoms with Crippen LogP contribution in [0.1, 0.15) is 24.5 Å². The molecule has 0 fully saturated rings. The van der Waals surface area contributed by atoms with Crippen molar-refractivity contribution in [3.8, 4) is 5.75 Å². The fourth-order valence-electron chi connectivity index (χ4n) is 1.50. The van der Waals surface area contributed by atoms with Crippen molar-refractivity contribution in [2.45, 2.75) is 26.9 Å². The van der Waals surface area contributed by atoms with E-state index in [1.165, 1.54) is 0 Å². The summed E-state index contributed by atoms with van der Waals surface area (Å²) in [4.78, 5) is 11.4. The average Bonchev–Trinajstić information content (AvgIpc) is 2.34. The van der Waals surface area contributed by atoms with Crippen molar-refractivity contribution in [2.24, 2.45) is 0 Å². The minimum atomic E-state index is -0.140. The van der Waals surface area contributed by atoms with Crippen LogP contribution in [0.15, 0.2) is 18.2 Å². The summed E-state index contributed by atoms with van der Waals surface area (Å²) < 4.78 is 5.45. The Balaban J connectivity index is 2.59. The number of carbonyl (C=O) groups excluding carboxylic acids is 1. The van der Waals surface area contributed by atoms with Gasteiger partial charge in [-0.2, -0.15) is 0 Å². The lowest BCUT2D eigenvalue weighted by Crippen LogP contribution is -2.29. The molecule has 0 saturated heterocycles. The van der Waals surface area contributed by atoms with Crippen LogP contribution in [0.25, 0.3) is 0 Å². The van der Waals surface area contributed by atoms with Crippen LogP contribution in [-0.4, -0.2) is 24.2 Å². The maximum absolute atomic E-state index is 11.4. The summed E-state index contributed by atoms with van der Waals surface area (Å²) in [5, 5.41) is 11.9. The molecular formula is C13H19NO3. The minimum Gasteiger partial charge on any atom is -0.483 e. The lowest BCUT2D eigenvalue weighted by Gasteiger charge is -2.12. The largest absolute Gasteiger partial charge is 0.483 e. The summed E-state index contributed by atoms with van der Waals surface area (Å²) in [6, 6.07) is 5.52. The lowest BCUT2D eigenvalue weighted by atomic mass is 10.1. The van der Waals surface area contributed by atoms with E-state index >= 15 is 0 Å². The molecule has 0 saturated carbocycles. The maximum atomic E-state index is 11.4. The quantitative estimate of drug-likeness (QED) is 0.786. The summed E-state index contributed by atoms with van der Waals surface area (Å²) >= 11 is 0. The average molecular weight is 237 g/mol. The molecule has 1 amide bonds. The second kappa shape index (κ2) is 6.91. The smallest absolute Gasteiger partial charge is 0.257 e. The van der Waals surface area contributed by atoms with Crippen molar-refractivity contribution in [1.29, 1.82) is 0 Å². The first-order valence-electron chi connectivity index (χ1n) is 5.77. The lowest BCUT2D eigenvalue weighted by molar-refractivity contribution is -0.123. The fourth-order valence-corrected chi connectivity index (χ4v) is 1.50. The number of hydrogen-bond acceptors (Lipinski definition) is 3. The number of amides is 1. The second-order valence-corrected chi connectivity index (χ2v) is 3.86. The topological polar surface area (TPSA) is 58.6 Å². The molecule has 0 aliphatic carbocycles. The Morgan fingerprint density at radius 2 is 2.24 bits per heavy atom. The number of rotatable bonds is 6. The van der Waals surface area contributed by atoms with Gasteiger partial charge in [-0.05, 0) is 18.9 Å². The van der Waals surface area contributed by atoms with Crippen LogP contribution >= 0.6 is 0 Å². The number of aryl methyl sites for hydroxylation is 1. The van der Waals surface area contributed by atoms with Crippen LogP contribution in [0.3, 0.4) is 0 Å². The molecule has 4 heteroatoms. The van der Waals surface area contributed by atoms with E-state index in [0.717, 1.165) is 12.0 Å². The van der Waals surface area contributed by atoms with Crippen LogP contribution in [0, 0.1) is 6.92 Å². The Bertz CT molecular complexity index is 377. The van der Waals surface area contributed by atoms with Crippen LogP contribution in [0.5, 0.6) is 5.75 Å². The van der Waals surface area contributed by atoms with E-state index in [1.54, 1.807) is 6.07 Å². The molecule has 0 heterocycles. The van der Waals surface area contributed by atoms with Gasteiger partial charge in [0.05, 0.1) is 6.61 Å². The highest BCUT2D eigenvalue weighted by Gasteiger charge is 2.08. The molecule has 1 aromatic rings. The zero-order valence-electron chi connectivity index (χ0n) is 10.3. The van der Waals surface area contributed by atoms with Crippen molar-refractivity contribution >= 4 is 5.91 Å². The Morgan fingerprint density at radius 3 is 2.88 bits per heavy atom. The maximum Gasteiger partial charge on any atom is 0.257 e. The number of para-hydroxylation sites is 1. The van der Waals surface area contributed by atoms with Crippen molar-refractivity contribution in [3.05, 3.63) is 29.3 Å². The van der Waals surface area contributed by atoms with E-state index < -0.39 is 0 Å². The predicted octanol–water partition coefficient (Wildman–Crippen LogP) is 1.39. The van der Waals surface area contributed by atoms with Gasteiger partial charge in [0, 0.05) is 12.1 Å². The van der Waals surface area contributed by atoms with Gasteiger partial charge in [-0.1, -0.05) is 25.1 Å². The number of aliphatic hydroxyl groups excluding tert-OH is 1. The molecule has 0 aliphatic heterocycles. The Labute approximate surface area is 102 Å². The second-order valence-electron chi connectivity index (χ2n) is 3.86. The van der Waals surface area contributed by atoms with Gasteiger partial charge in [-0.15, -0.1) is 0 Å². The normalized spacial score (nSPS) is 10.1. The molecule has 0 aromatic heterocycles. The van der Waals surface area contributed by atoms with Gasteiger partial charge in [-0.25, -0.2) is 0 Å². The molecule has 0 spiro atoms. The van der Waals surface area contributed by atoms with Gasteiger partial charge in [0.25, 0.3) is 5.91 Å². The van der Waals surface area contributed by atoms with Crippen LogP contribution in [0.2, 0.25) is 0 Å². The fraction of sp³-hybridized carbons (Fsp3) is 0.462. The molecule has 1 aromatic carbocycles. The Hall–Kier alpha value is -1.55. The van der Waals surface area contributed by atoms with Crippen molar-refractivity contribution < 1.29 is 14.6 Å². The molecule has 1 rings (SSSR count). The van der Waals surface area contributed by atoms with E-state index in [2.05, 4.69) is 5.32 Å². The first-order chi connectivity index (χ1) is 8.19. The van der Waals surface area contributed by atoms with Gasteiger partial charge in [-0.3, -0.25) is 4.79 Å². The van der Waals surface area contributed by atoms with E-state index in [1.807, 2.05) is 26.0 Å². The zero-order valence-corrected chi connectivity index (χ0v) is 10.3. The third kappa shape index (κ3) is 4.07. The number of carbonyl (C=O) groups is 1. The van der Waals surface area contributed by atoms with Crippen LogP contribution < -0.4 is 10.1 Å². The van der Waals surface area contributed by atoms with E-state index in [0.29, 0.717) is 17.9 Å². The molecule has 94 valence electrons. The zero-order chi connectivity index (χ0) is 12.7. The summed E-state index contributed by atoms with van der Waals surface area (Å²) in [5.41, 5.74) is 1.62. The summed E-state index contributed by atoms with van der Waals surface area (Å²) in [7, 11) is 0. The molecule has 0 aliphatic rings. The summed E-state index contributed by atoms with van der Waals surface area (Å²) in [5.74, 6) is 0.459. The van der Waals surface area contributed by atoms with E-state index in [9.17, 15) is 4.79 Å². The standard InChI is InChI=1S/C13H19NO3/c1-3-7-14-12(16)9-17-13-10(2)5-4-6-11(13)8-15/h4-6,15H,3,7-9H2,1-2H3,(H,14,16). The van der Waals surface area contributed by atoms with Crippen molar-refractivity contribution in [1.82, 2.24) is 5.32 Å². The van der Waals surface area contributed by atoms with Crippen molar-refractivity contribution in [3.63, 3.8) is 0 Å². The Kier molecular flexibility index (Phi) is 5.49. The van der Waals surface area contributed by atoms with Crippen molar-refractivity contribution in [2.75, 3.05) is 13.2 Å². The summed E-state index contributed by atoms with van der Waals surface area (Å²) in [6.45, 7) is 4.43. The number of benzene rings is 1. The van der Waals surface area contributed by atoms with Gasteiger partial charge in [0.1, 0.15) is 5.75 Å². The SMILES string of the molecule is CCCNC(=O)COc1c(C)cccc1CO. The van der Waals surface area contributed by atoms with Gasteiger partial charge < -0.3 is 15.2 Å². The number of ether oxygens (including phenoxy) is 1. The van der Waals surface area contributed by atoms with Gasteiger partial charge in [0.2, 0.25) is 0 Å². The third-order valence-electron chi connectivity index (χ3n) is 2.38. The first-order valence-corrected chi connectivity index (χ1v) is 5.77. The molecular weight excluding hydrogens is 218 g/mol. The Morgan fingerprint density at radius 1 is 1.47 bits per heavy atom. The molecule has 4 nitrogen and oxygen atoms in total. The molecule has 0 atom stereocenters. The van der Waals surface area contributed by atoms with Crippen LogP contribution in [-0.2, 0) is 11.4 Å². The first kappa shape index (κ1) is 13.5. The highest BCUT2D eigenvalue weighted by Crippen LogP contribution is 2.23. The van der Waals surface area contributed by atoms with E-state index in [-0.39, 0.29) is 19.1 Å². The predicted molar refractivity (Wildman–Crippen MR) is 65.9 cm³/mol. The highest BCUT2D eigenvalue weighted by atomic mass is 16.5. The molecule has 0 radical (unpaired) electrons. The van der Waals surface area contributed by atoms with Gasteiger partial charge >= 0.3 is 0 Å². The van der Waals surface area contributed by atoms with Gasteiger partial charge in [0.15, 0.2) is 6.61 Å². The van der Waals surface area contributed by atoms with Crippen LogP contribution in [0.4, 0.5) is 0 Å². The molecule has 0 bridgehead atoms. The summed E-state index contributed by atoms with van der Waals surface area (Å²) in [6.07, 6.45) is 0.901. The van der Waals surface area contributed by atoms with E-state index in [4.69, 9.17) is 9.84 Å². The third-order valence-corrected chi connectivity index (χ3v) is 2.38. The number of hydrogen-bond donors (Lipinski definition) is 2. The molecule has 17 heavy (non-hydrogen) atoms. The minimum absolute atomic E-state index is 0.0160. The highest BCUT2D eigenvalue weighted by molar-refractivity contribution is 5.77. The molecule has 2 N–H and O–H groups in total. The monoisotopic (exact) mass is 237 g/mol. The molecule has 0 unspecified atom stereocenters. The number of nitrogens with one attached hydrogen (secondary N) is 1. The number of aliphatic hydroxyl groups is 1.